The van der Waals surface area contributed by atoms with Crippen molar-refractivity contribution in [1.82, 2.24) is 5.32 Å². The molecule has 0 heterocycles. The molecule has 0 radical (unpaired) electrons. The van der Waals surface area contributed by atoms with Gasteiger partial charge in [0, 0.05) is 17.2 Å². The van der Waals surface area contributed by atoms with Gasteiger partial charge in [0.15, 0.2) is 12.4 Å². The zero-order chi connectivity index (χ0) is 18.1. The number of carbonyl (C=O) groups excluding carboxylic acids is 2. The first-order valence-corrected chi connectivity index (χ1v) is 7.72. The summed E-state index contributed by atoms with van der Waals surface area (Å²) >= 11 is 0. The summed E-state index contributed by atoms with van der Waals surface area (Å²) in [5, 5.41) is 2.66. The molecule has 0 atom stereocenters. The van der Waals surface area contributed by atoms with Crippen molar-refractivity contribution in [2.75, 3.05) is 20.3 Å². The van der Waals surface area contributed by atoms with E-state index in [4.69, 9.17) is 9.47 Å². The number of hydrogen-bond acceptors (Lipinski definition) is 4. The first kappa shape index (κ1) is 18.1. The van der Waals surface area contributed by atoms with Crippen molar-refractivity contribution in [2.45, 2.75) is 6.92 Å². The highest BCUT2D eigenvalue weighted by molar-refractivity contribution is 5.94. The number of benzene rings is 2. The molecule has 0 aliphatic heterocycles. The van der Waals surface area contributed by atoms with Gasteiger partial charge in [0.1, 0.15) is 11.5 Å². The van der Waals surface area contributed by atoms with Crippen LogP contribution in [0.5, 0.6) is 11.5 Å². The minimum atomic E-state index is -0.260. The van der Waals surface area contributed by atoms with Gasteiger partial charge in [0.25, 0.3) is 5.91 Å². The van der Waals surface area contributed by atoms with Gasteiger partial charge in [-0.2, -0.15) is 0 Å². The van der Waals surface area contributed by atoms with E-state index in [1.165, 1.54) is 6.92 Å². The number of ether oxygens (including phenoxy) is 2. The van der Waals surface area contributed by atoms with Gasteiger partial charge in [-0.15, -0.1) is 0 Å². The summed E-state index contributed by atoms with van der Waals surface area (Å²) < 4.78 is 10.5. The molecule has 0 bridgehead atoms. The molecular weight excluding hydrogens is 318 g/mol. The lowest BCUT2D eigenvalue weighted by Crippen LogP contribution is -2.29. The predicted molar refractivity (Wildman–Crippen MR) is 94.8 cm³/mol. The molecule has 2 aromatic rings. The number of ketones is 1. The molecule has 5 nitrogen and oxygen atoms in total. The third-order valence-electron chi connectivity index (χ3n) is 3.31. The zero-order valence-corrected chi connectivity index (χ0v) is 14.2. The molecule has 0 saturated heterocycles. The first-order valence-electron chi connectivity index (χ1n) is 7.72. The van der Waals surface area contributed by atoms with Crippen LogP contribution in [0.1, 0.15) is 22.8 Å². The number of rotatable bonds is 6. The van der Waals surface area contributed by atoms with Crippen molar-refractivity contribution < 1.29 is 19.1 Å². The monoisotopic (exact) mass is 337 g/mol. The first-order chi connectivity index (χ1) is 12.1. The Morgan fingerprint density at radius 2 is 1.80 bits per heavy atom. The van der Waals surface area contributed by atoms with Crippen molar-refractivity contribution in [3.63, 3.8) is 0 Å². The van der Waals surface area contributed by atoms with Crippen molar-refractivity contribution in [3.8, 4) is 23.3 Å². The lowest BCUT2D eigenvalue weighted by Gasteiger charge is -2.07. The van der Waals surface area contributed by atoms with Crippen LogP contribution in [0, 0.1) is 11.8 Å². The smallest absolute Gasteiger partial charge is 0.258 e. The number of nitrogens with one attached hydrogen (secondary N) is 1. The van der Waals surface area contributed by atoms with E-state index in [9.17, 15) is 9.59 Å². The summed E-state index contributed by atoms with van der Waals surface area (Å²) in [7, 11) is 1.57. The van der Waals surface area contributed by atoms with Crippen LogP contribution in [0.4, 0.5) is 0 Å². The van der Waals surface area contributed by atoms with Crippen LogP contribution in [0.2, 0.25) is 0 Å². The highest BCUT2D eigenvalue weighted by Gasteiger charge is 2.02. The average molecular weight is 337 g/mol. The number of hydrogen-bond donors (Lipinski definition) is 1. The van der Waals surface area contributed by atoms with Crippen LogP contribution in [-0.4, -0.2) is 32.0 Å². The molecule has 0 aromatic heterocycles. The Bertz CT molecular complexity index is 800. The SMILES string of the molecule is COc1cccc(OCC(=O)NCC#Cc2ccc(C(C)=O)cc2)c1. The fourth-order valence-corrected chi connectivity index (χ4v) is 1.97. The van der Waals surface area contributed by atoms with Crippen molar-refractivity contribution >= 4 is 11.7 Å². The molecule has 2 rings (SSSR count). The van der Waals surface area contributed by atoms with Crippen molar-refractivity contribution in [1.29, 1.82) is 0 Å². The number of carbonyl (C=O) groups is 2. The molecule has 0 aliphatic rings. The van der Waals surface area contributed by atoms with Crippen LogP contribution in [0.25, 0.3) is 0 Å². The third-order valence-corrected chi connectivity index (χ3v) is 3.31. The van der Waals surface area contributed by atoms with Crippen molar-refractivity contribution in [2.24, 2.45) is 0 Å². The number of amides is 1. The molecular formula is C20H19NO4. The van der Waals surface area contributed by atoms with Crippen LogP contribution in [0.3, 0.4) is 0 Å². The quantitative estimate of drug-likeness (QED) is 0.649. The van der Waals surface area contributed by atoms with E-state index in [-0.39, 0.29) is 24.8 Å². The Labute approximate surface area is 147 Å². The maximum absolute atomic E-state index is 11.7. The summed E-state index contributed by atoms with van der Waals surface area (Å²) in [6.07, 6.45) is 0. The molecule has 0 fully saturated rings. The van der Waals surface area contributed by atoms with Gasteiger partial charge in [0.05, 0.1) is 13.7 Å². The van der Waals surface area contributed by atoms with E-state index in [0.29, 0.717) is 17.1 Å². The molecule has 5 heteroatoms. The van der Waals surface area contributed by atoms with E-state index in [1.54, 1.807) is 55.6 Å². The summed E-state index contributed by atoms with van der Waals surface area (Å²) in [5.41, 5.74) is 1.43. The average Bonchev–Trinajstić information content (AvgIpc) is 2.64. The van der Waals surface area contributed by atoms with Gasteiger partial charge in [-0.3, -0.25) is 9.59 Å². The summed E-state index contributed by atoms with van der Waals surface area (Å²) in [4.78, 5) is 22.9. The van der Waals surface area contributed by atoms with Crippen molar-refractivity contribution in [3.05, 3.63) is 59.7 Å². The Morgan fingerprint density at radius 3 is 2.48 bits per heavy atom. The van der Waals surface area contributed by atoms with Gasteiger partial charge >= 0.3 is 0 Å². The fraction of sp³-hybridized carbons (Fsp3) is 0.200. The van der Waals surface area contributed by atoms with Gasteiger partial charge in [-0.1, -0.05) is 30.0 Å². The predicted octanol–water partition coefficient (Wildman–Crippen LogP) is 2.44. The van der Waals surface area contributed by atoms with Gasteiger partial charge in [0.2, 0.25) is 0 Å². The van der Waals surface area contributed by atoms with E-state index in [2.05, 4.69) is 17.2 Å². The van der Waals surface area contributed by atoms with E-state index >= 15 is 0 Å². The zero-order valence-electron chi connectivity index (χ0n) is 14.2. The Hall–Kier alpha value is -3.26. The summed E-state index contributed by atoms with van der Waals surface area (Å²) in [5.74, 6) is 6.76. The maximum Gasteiger partial charge on any atom is 0.258 e. The molecule has 128 valence electrons. The van der Waals surface area contributed by atoms with Crippen LogP contribution < -0.4 is 14.8 Å². The molecule has 2 aromatic carbocycles. The normalized spacial score (nSPS) is 9.52. The van der Waals surface area contributed by atoms with Gasteiger partial charge in [-0.25, -0.2) is 0 Å². The minimum Gasteiger partial charge on any atom is -0.497 e. The highest BCUT2D eigenvalue weighted by atomic mass is 16.5. The molecule has 0 unspecified atom stereocenters. The number of methoxy groups -OCH3 is 1. The third kappa shape index (κ3) is 6.04. The largest absolute Gasteiger partial charge is 0.497 e. The number of Topliss-reactive ketones (excluding diaryl/α,β-unsaturated/α-hetero) is 1. The molecule has 0 saturated carbocycles. The van der Waals surface area contributed by atoms with E-state index in [0.717, 1.165) is 5.56 Å². The second kappa shape index (κ2) is 9.14. The summed E-state index contributed by atoms with van der Waals surface area (Å²) in [6.45, 7) is 1.64. The van der Waals surface area contributed by atoms with Gasteiger partial charge < -0.3 is 14.8 Å². The second-order valence-corrected chi connectivity index (χ2v) is 5.18. The molecule has 1 N–H and O–H groups in total. The lowest BCUT2D eigenvalue weighted by atomic mass is 10.1. The Morgan fingerprint density at radius 1 is 1.08 bits per heavy atom. The standard InChI is InChI=1S/C20H19NO4/c1-15(22)17-10-8-16(9-11-17)5-4-12-21-20(23)14-25-19-7-3-6-18(13-19)24-2/h3,6-11,13H,12,14H2,1-2H3,(H,21,23). The highest BCUT2D eigenvalue weighted by Crippen LogP contribution is 2.18. The molecule has 0 spiro atoms. The maximum atomic E-state index is 11.7. The molecule has 1 amide bonds. The van der Waals surface area contributed by atoms with Crippen LogP contribution in [-0.2, 0) is 4.79 Å². The second-order valence-electron chi connectivity index (χ2n) is 5.18. The molecule has 0 aliphatic carbocycles. The van der Waals surface area contributed by atoms with Crippen LogP contribution >= 0.6 is 0 Å². The summed E-state index contributed by atoms with van der Waals surface area (Å²) in [6, 6.07) is 14.0. The van der Waals surface area contributed by atoms with Crippen LogP contribution in [0.15, 0.2) is 48.5 Å². The Kier molecular flexibility index (Phi) is 6.61. The van der Waals surface area contributed by atoms with E-state index in [1.807, 2.05) is 0 Å². The topological polar surface area (TPSA) is 64.6 Å². The van der Waals surface area contributed by atoms with Gasteiger partial charge in [-0.05, 0) is 31.2 Å². The van der Waals surface area contributed by atoms with E-state index < -0.39 is 0 Å². The Balaban J connectivity index is 1.76. The minimum absolute atomic E-state index is 0.0165. The molecule has 25 heavy (non-hydrogen) atoms. The lowest BCUT2D eigenvalue weighted by molar-refractivity contribution is -0.122. The fourth-order valence-electron chi connectivity index (χ4n) is 1.97.